The maximum Gasteiger partial charge on any atom is 0.262 e. The Balaban J connectivity index is 0.799. The van der Waals surface area contributed by atoms with Crippen LogP contribution in [0.1, 0.15) is 78.1 Å². The number of nitrogens with zero attached hydrogens (tertiary/aromatic N) is 7. The molecule has 1 aliphatic carbocycles. The van der Waals surface area contributed by atoms with Crippen LogP contribution in [0.15, 0.2) is 73.1 Å². The van der Waals surface area contributed by atoms with E-state index in [4.69, 9.17) is 15.6 Å². The van der Waals surface area contributed by atoms with Gasteiger partial charge < -0.3 is 15.4 Å². The molecule has 2 bridgehead atoms. The van der Waals surface area contributed by atoms with Gasteiger partial charge in [0.1, 0.15) is 41.2 Å². The molecule has 2 aromatic heterocycles. The number of hydrogen-bond donors (Lipinski definition) is 2. The van der Waals surface area contributed by atoms with Crippen LogP contribution >= 0.6 is 0 Å². The zero-order valence-electron chi connectivity index (χ0n) is 31.7. The van der Waals surface area contributed by atoms with E-state index in [2.05, 4.69) is 20.2 Å². The van der Waals surface area contributed by atoms with Crippen LogP contribution in [-0.2, 0) is 9.59 Å². The van der Waals surface area contributed by atoms with E-state index in [-0.39, 0.29) is 42.1 Å². The first kappa shape index (κ1) is 36.1. The number of amides is 4. The summed E-state index contributed by atoms with van der Waals surface area (Å²) in [6, 6.07) is 19.6. The number of rotatable bonds is 8. The lowest BCUT2D eigenvalue weighted by Crippen LogP contribution is -2.55. The van der Waals surface area contributed by atoms with Gasteiger partial charge in [0.05, 0.1) is 28.2 Å². The largest absolute Gasteiger partial charge is 0.457 e. The van der Waals surface area contributed by atoms with Crippen molar-refractivity contribution in [3.63, 3.8) is 0 Å². The lowest BCUT2D eigenvalue weighted by molar-refractivity contribution is -0.136. The van der Waals surface area contributed by atoms with Gasteiger partial charge in [-0.05, 0) is 99.4 Å². The highest BCUT2D eigenvalue weighted by Crippen LogP contribution is 2.41. The molecule has 3 saturated heterocycles. The summed E-state index contributed by atoms with van der Waals surface area (Å²) >= 11 is 0. The quantitative estimate of drug-likeness (QED) is 0.191. The minimum atomic E-state index is -1.10. The van der Waals surface area contributed by atoms with Crippen LogP contribution < -0.4 is 20.7 Å². The molecule has 296 valence electrons. The van der Waals surface area contributed by atoms with E-state index in [1.165, 1.54) is 12.4 Å². The van der Waals surface area contributed by atoms with Crippen molar-refractivity contribution < 1.29 is 28.3 Å². The second-order valence-electron chi connectivity index (χ2n) is 16.1. The summed E-state index contributed by atoms with van der Waals surface area (Å²) in [4.78, 5) is 65.4. The summed E-state index contributed by atoms with van der Waals surface area (Å²) in [6.07, 6.45) is 7.55. The van der Waals surface area contributed by atoms with Gasteiger partial charge in [-0.25, -0.2) is 19.0 Å². The maximum absolute atomic E-state index is 15.8. The molecule has 14 nitrogen and oxygen atoms in total. The Morgan fingerprint density at radius 1 is 0.793 bits per heavy atom. The van der Waals surface area contributed by atoms with E-state index >= 15 is 4.39 Å². The lowest BCUT2D eigenvalue weighted by Gasteiger charge is -2.44. The Morgan fingerprint density at radius 3 is 2.17 bits per heavy atom. The van der Waals surface area contributed by atoms with Crippen LogP contribution in [0.4, 0.5) is 15.9 Å². The van der Waals surface area contributed by atoms with Gasteiger partial charge in [-0.1, -0.05) is 18.2 Å². The Hall–Kier alpha value is -6.22. The molecule has 5 aliphatic rings. The van der Waals surface area contributed by atoms with Gasteiger partial charge in [0.25, 0.3) is 11.8 Å². The molecule has 15 heteroatoms. The molecule has 3 aromatic carbocycles. The van der Waals surface area contributed by atoms with E-state index < -0.39 is 35.5 Å². The van der Waals surface area contributed by atoms with Gasteiger partial charge >= 0.3 is 0 Å². The third-order valence-electron chi connectivity index (χ3n) is 12.7. The second kappa shape index (κ2) is 14.3. The number of piperidine rings is 1. The van der Waals surface area contributed by atoms with Gasteiger partial charge in [-0.3, -0.25) is 34.3 Å². The Kier molecular flexibility index (Phi) is 8.92. The number of aromatic nitrogens is 4. The number of piperazine rings is 1. The van der Waals surface area contributed by atoms with Crippen LogP contribution in [0.25, 0.3) is 22.3 Å². The number of halogens is 1. The molecule has 0 spiro atoms. The summed E-state index contributed by atoms with van der Waals surface area (Å²) < 4.78 is 23.8. The fourth-order valence-corrected chi connectivity index (χ4v) is 9.83. The molecule has 5 aromatic rings. The van der Waals surface area contributed by atoms with Crippen molar-refractivity contribution in [3.05, 3.63) is 90.0 Å². The summed E-state index contributed by atoms with van der Waals surface area (Å²) in [6.45, 7) is 2.19. The molecular weight excluding hydrogens is 742 g/mol. The molecule has 3 unspecified atom stereocenters. The highest BCUT2D eigenvalue weighted by molar-refractivity contribution is 6.23. The average molecular weight is 784 g/mol. The van der Waals surface area contributed by atoms with Crippen molar-refractivity contribution in [2.75, 3.05) is 30.3 Å². The predicted molar refractivity (Wildman–Crippen MR) is 211 cm³/mol. The Morgan fingerprint density at radius 2 is 1.47 bits per heavy atom. The molecule has 3 atom stereocenters. The predicted octanol–water partition coefficient (Wildman–Crippen LogP) is 5.49. The number of ether oxygens (including phenoxy) is 1. The van der Waals surface area contributed by atoms with Gasteiger partial charge in [0.15, 0.2) is 5.65 Å². The average Bonchev–Trinajstić information content (AvgIpc) is 3.80. The number of fused-ring (bicyclic) bond motifs is 4. The van der Waals surface area contributed by atoms with Crippen molar-refractivity contribution in [1.29, 1.82) is 0 Å². The van der Waals surface area contributed by atoms with Gasteiger partial charge in [0, 0.05) is 43.7 Å². The molecule has 58 heavy (non-hydrogen) atoms. The number of benzene rings is 3. The molecule has 4 amide bonds. The summed E-state index contributed by atoms with van der Waals surface area (Å²) in [5, 5.41) is 8.07. The van der Waals surface area contributed by atoms with Crippen LogP contribution in [0.5, 0.6) is 11.5 Å². The van der Waals surface area contributed by atoms with Gasteiger partial charge in [-0.15, -0.1) is 0 Å². The van der Waals surface area contributed by atoms with Crippen molar-refractivity contribution in [3.8, 4) is 22.8 Å². The standard InChI is InChI=1S/C43H42FN9O5/c44-33-18-31-32(43(57)52(42(31)56)34-16-17-36(54)48-41(34)55)19-35(33)50-21-27-12-13-28(22-50)51(27)20-24-6-10-26(11-7-24)53-40-37(39(45)46-23-47-40)38(49-53)25-8-14-30(15-9-25)58-29-4-2-1-3-5-29/h1-5,8-9,14-15,18-19,23-24,26-28,34H,6-7,10-13,16-17,20-22H2,(H2,45,46,47)(H,48,54,55). The number of hydrogen-bond acceptors (Lipinski definition) is 11. The summed E-state index contributed by atoms with van der Waals surface area (Å²) in [7, 11) is 0. The number of nitrogens with two attached hydrogens (primary N) is 1. The van der Waals surface area contributed by atoms with E-state index in [9.17, 15) is 19.2 Å². The SMILES string of the molecule is Nc1ncnc2c1c(-c1ccc(Oc3ccccc3)cc1)nn2C1CCC(CN2C3CCC2CN(c2cc4c(cc2F)C(=O)N(C2CCC(=O)NC2=O)C4=O)C3)CC1. The third kappa shape index (κ3) is 6.24. The zero-order chi connectivity index (χ0) is 39.7. The van der Waals surface area contributed by atoms with E-state index in [0.717, 1.165) is 89.8 Å². The van der Waals surface area contributed by atoms with Crippen molar-refractivity contribution in [2.24, 2.45) is 5.92 Å². The molecule has 3 N–H and O–H groups in total. The molecular formula is C43H42FN9O5. The number of imide groups is 2. The fourth-order valence-electron chi connectivity index (χ4n) is 9.83. The van der Waals surface area contributed by atoms with Crippen molar-refractivity contribution in [2.45, 2.75) is 75.5 Å². The molecule has 0 radical (unpaired) electrons. The number of para-hydroxylation sites is 1. The van der Waals surface area contributed by atoms with Crippen molar-refractivity contribution >= 4 is 46.2 Å². The van der Waals surface area contributed by atoms with E-state index in [1.807, 2.05) is 64.2 Å². The first-order valence-corrected chi connectivity index (χ1v) is 20.1. The molecule has 1 saturated carbocycles. The zero-order valence-corrected chi connectivity index (χ0v) is 31.7. The van der Waals surface area contributed by atoms with E-state index in [1.54, 1.807) is 0 Å². The van der Waals surface area contributed by atoms with Crippen molar-refractivity contribution in [1.82, 2.24) is 34.9 Å². The molecule has 4 fully saturated rings. The van der Waals surface area contributed by atoms with Gasteiger partial charge in [0.2, 0.25) is 11.8 Å². The monoisotopic (exact) mass is 783 g/mol. The minimum absolute atomic E-state index is 0.0217. The van der Waals surface area contributed by atoms with Gasteiger partial charge in [-0.2, -0.15) is 5.10 Å². The minimum Gasteiger partial charge on any atom is -0.457 e. The van der Waals surface area contributed by atoms with Crippen LogP contribution in [0.3, 0.4) is 0 Å². The highest BCUT2D eigenvalue weighted by atomic mass is 19.1. The van der Waals surface area contributed by atoms with Crippen LogP contribution in [0, 0.1) is 11.7 Å². The normalized spacial score (nSPS) is 24.7. The number of nitrogen functional groups attached to an aromatic ring is 1. The summed E-state index contributed by atoms with van der Waals surface area (Å²) in [5.74, 6) is -0.656. The third-order valence-corrected chi connectivity index (χ3v) is 12.7. The number of carbonyl (C=O) groups excluding carboxylic acids is 4. The van der Waals surface area contributed by atoms with E-state index in [0.29, 0.717) is 30.5 Å². The summed E-state index contributed by atoms with van der Waals surface area (Å²) in [5.41, 5.74) is 9.18. The number of nitrogens with one attached hydrogen (secondary N) is 1. The molecule has 10 rings (SSSR count). The first-order valence-electron chi connectivity index (χ1n) is 20.1. The van der Waals surface area contributed by atoms with Crippen LogP contribution in [0.2, 0.25) is 0 Å². The van der Waals surface area contributed by atoms with Crippen LogP contribution in [-0.4, -0.2) is 90.9 Å². The molecule has 4 aliphatic heterocycles. The lowest BCUT2D eigenvalue weighted by atomic mass is 9.85. The highest BCUT2D eigenvalue weighted by Gasteiger charge is 2.47. The molecule has 6 heterocycles. The Labute approximate surface area is 333 Å². The topological polar surface area (TPSA) is 169 Å². The maximum atomic E-state index is 15.8. The smallest absolute Gasteiger partial charge is 0.262 e. The number of carbonyl (C=O) groups is 4. The number of anilines is 2. The second-order valence-corrected chi connectivity index (χ2v) is 16.1. The first-order chi connectivity index (χ1) is 28.2. The fraction of sp³-hybridized carbons (Fsp3) is 0.372. The Bertz CT molecular complexity index is 2450.